The van der Waals surface area contributed by atoms with E-state index in [1.807, 2.05) is 148 Å². The zero-order chi connectivity index (χ0) is 68.4. The number of halogens is 9. The highest BCUT2D eigenvalue weighted by atomic mass is 19.4. The summed E-state index contributed by atoms with van der Waals surface area (Å²) in [6.07, 6.45) is -14.5. The molecule has 0 spiro atoms. The molecule has 0 amide bonds. The van der Waals surface area contributed by atoms with Crippen molar-refractivity contribution in [1.29, 1.82) is 5.26 Å². The highest BCUT2D eigenvalue weighted by Crippen LogP contribution is 2.50. The van der Waals surface area contributed by atoms with Gasteiger partial charge in [0.2, 0.25) is 0 Å². The topological polar surface area (TPSA) is 52.2 Å². The zero-order valence-electron chi connectivity index (χ0n) is 52.5. The van der Waals surface area contributed by atoms with Gasteiger partial charge in [0.25, 0.3) is 0 Å². The number of benzene rings is 12. The van der Waals surface area contributed by atoms with Crippen molar-refractivity contribution in [3.8, 4) is 51.1 Å². The van der Waals surface area contributed by atoms with Crippen LogP contribution in [0, 0.1) is 52.2 Å². The van der Waals surface area contributed by atoms with Crippen LogP contribution in [0.15, 0.2) is 231 Å². The lowest BCUT2D eigenvalue weighted by Gasteiger charge is -2.25. The minimum absolute atomic E-state index is 0.0989. The first-order chi connectivity index (χ1) is 47.0. The fraction of sp³-hybridized carbons (Fsp3) is 0.0854. The summed E-state index contributed by atoms with van der Waals surface area (Å²) in [5, 5.41) is 18.0. The van der Waals surface area contributed by atoms with E-state index in [0.29, 0.717) is 61.4 Å². The third-order valence-electron chi connectivity index (χ3n) is 18.3. The number of nitriles is 1. The molecule has 0 saturated heterocycles. The monoisotopic (exact) mass is 1300 g/mol. The van der Waals surface area contributed by atoms with Crippen molar-refractivity contribution in [1.82, 2.24) is 18.3 Å². The van der Waals surface area contributed by atoms with Crippen LogP contribution in [0.4, 0.5) is 50.9 Å². The van der Waals surface area contributed by atoms with Crippen molar-refractivity contribution < 1.29 is 39.5 Å². The molecule has 98 heavy (non-hydrogen) atoms. The molecule has 16 heteroatoms. The number of alkyl halides is 9. The normalized spacial score (nSPS) is 12.1. The SMILES string of the molecule is [C-]#[N+]c1cc(-c2ccc(-n3c4ccccc4c4ccc(C)cc43)c(C#N)c2-n2c3ccccc3c3ccc(C)cc32)cc(C(F)(F)F)c1.[C-]#[N+]c1cc(-c2ccc(-n3c4ccccc4c4ccc(C)cc43)c(C(F)(F)F)c2-n2c3ccccc3c3ccc(C)cc32)cc(C(F)(F)F)c1. The van der Waals surface area contributed by atoms with Gasteiger partial charge < -0.3 is 18.3 Å². The molecule has 16 aromatic rings. The Morgan fingerprint density at radius 3 is 1.00 bits per heavy atom. The molecule has 0 unspecified atom stereocenters. The van der Waals surface area contributed by atoms with Gasteiger partial charge in [-0.15, -0.1) is 0 Å². The molecule has 0 atom stereocenters. The van der Waals surface area contributed by atoms with Gasteiger partial charge in [-0.2, -0.15) is 44.8 Å². The number of nitrogens with zero attached hydrogens (tertiary/aromatic N) is 7. The molecule has 0 aliphatic heterocycles. The lowest BCUT2D eigenvalue weighted by molar-refractivity contribution is -0.138. The van der Waals surface area contributed by atoms with Gasteiger partial charge in [-0.05, 0) is 158 Å². The van der Waals surface area contributed by atoms with Crippen molar-refractivity contribution >= 4 is 98.6 Å². The molecule has 0 radical (unpaired) electrons. The highest BCUT2D eigenvalue weighted by molar-refractivity contribution is 6.14. The number of rotatable bonds is 6. The molecule has 12 aromatic carbocycles. The summed E-state index contributed by atoms with van der Waals surface area (Å²) >= 11 is 0. The zero-order valence-corrected chi connectivity index (χ0v) is 52.5. The van der Waals surface area contributed by atoms with Crippen LogP contribution in [-0.2, 0) is 18.5 Å². The van der Waals surface area contributed by atoms with E-state index in [2.05, 4.69) is 44.6 Å². The molecular weight excluding hydrogens is 1250 g/mol. The standard InChI is InChI=1S/C41H25F6N3.C41H25F3N4/c1-23-12-14-31-29-8-4-6-10-33(29)49(36(31)18-23)35-17-16-28(25-20-26(40(42,43)44)22-27(21-25)48-3)39(38(35)41(45,46)47)50-34-11-7-5-9-30(34)32-15-13-24(2)19-37(32)50;1-24-12-14-32-30-8-4-6-10-35(30)47(38(32)18-24)37-17-16-29(26-20-27(41(42,43)44)22-28(21-26)46-3)40(34(37)23-45)48-36-11-7-5-9-31(36)33-15-13-25(2)19-39(33)48/h4-22H,1-2H3;4-22H,1-2H3. The molecule has 0 fully saturated rings. The van der Waals surface area contributed by atoms with E-state index in [1.54, 1.807) is 47.0 Å². The van der Waals surface area contributed by atoms with Crippen LogP contribution in [0.1, 0.15) is 44.5 Å². The summed E-state index contributed by atoms with van der Waals surface area (Å²) in [4.78, 5) is 6.64. The summed E-state index contributed by atoms with van der Waals surface area (Å²) in [5.41, 5.74) is 6.79. The van der Waals surface area contributed by atoms with Crippen molar-refractivity contribution in [3.05, 3.63) is 298 Å². The van der Waals surface area contributed by atoms with Crippen molar-refractivity contribution in [2.75, 3.05) is 0 Å². The van der Waals surface area contributed by atoms with E-state index in [-0.39, 0.29) is 39.4 Å². The Kier molecular flexibility index (Phi) is 14.5. The molecule has 7 nitrogen and oxygen atoms in total. The van der Waals surface area contributed by atoms with Crippen LogP contribution in [-0.4, -0.2) is 18.3 Å². The molecule has 0 bridgehead atoms. The average molecular weight is 1300 g/mol. The second kappa shape index (κ2) is 23.0. The first-order valence-corrected chi connectivity index (χ1v) is 31.0. The van der Waals surface area contributed by atoms with Gasteiger partial charge in [-0.3, -0.25) is 0 Å². The van der Waals surface area contributed by atoms with Gasteiger partial charge in [0.15, 0.2) is 11.4 Å². The van der Waals surface area contributed by atoms with Crippen LogP contribution >= 0.6 is 0 Å². The van der Waals surface area contributed by atoms with Crippen molar-refractivity contribution in [2.24, 2.45) is 0 Å². The number of fused-ring (bicyclic) bond motifs is 12. The lowest BCUT2D eigenvalue weighted by atomic mass is 9.95. The van der Waals surface area contributed by atoms with Crippen LogP contribution in [0.2, 0.25) is 0 Å². The maximum atomic E-state index is 16.1. The molecule has 476 valence electrons. The molecule has 0 aliphatic rings. The van der Waals surface area contributed by atoms with Crippen molar-refractivity contribution in [2.45, 2.75) is 46.2 Å². The molecule has 16 rings (SSSR count). The summed E-state index contributed by atoms with van der Waals surface area (Å²) in [5.74, 6) is 0. The third kappa shape index (κ3) is 10.1. The Labute approximate surface area is 554 Å². The highest BCUT2D eigenvalue weighted by Gasteiger charge is 2.41. The molecule has 4 aromatic heterocycles. The lowest BCUT2D eigenvalue weighted by Crippen LogP contribution is -2.17. The van der Waals surface area contributed by atoms with Crippen LogP contribution in [0.25, 0.3) is 142 Å². The fourth-order valence-corrected chi connectivity index (χ4v) is 14.2. The minimum Gasteiger partial charge on any atom is -0.309 e. The second-order valence-electron chi connectivity index (χ2n) is 24.6. The van der Waals surface area contributed by atoms with E-state index in [1.165, 1.54) is 28.8 Å². The Balaban J connectivity index is 0.000000160. The number of para-hydroxylation sites is 4. The van der Waals surface area contributed by atoms with Gasteiger partial charge in [0.05, 0.1) is 80.0 Å². The predicted molar refractivity (Wildman–Crippen MR) is 372 cm³/mol. The molecule has 0 N–H and O–H groups in total. The Hall–Kier alpha value is -12.3. The first-order valence-electron chi connectivity index (χ1n) is 31.0. The molecule has 0 saturated carbocycles. The van der Waals surface area contributed by atoms with E-state index in [9.17, 15) is 31.6 Å². The number of aryl methyl sites for hydroxylation is 4. The molecule has 4 heterocycles. The van der Waals surface area contributed by atoms with Crippen LogP contribution in [0.3, 0.4) is 0 Å². The second-order valence-corrected chi connectivity index (χ2v) is 24.6. The van der Waals surface area contributed by atoms with Crippen LogP contribution in [0.5, 0.6) is 0 Å². The summed E-state index contributed by atoms with van der Waals surface area (Å²) < 4.78 is 141. The van der Waals surface area contributed by atoms with Gasteiger partial charge >= 0.3 is 18.5 Å². The maximum absolute atomic E-state index is 16.1. The van der Waals surface area contributed by atoms with Crippen LogP contribution < -0.4 is 0 Å². The summed E-state index contributed by atoms with van der Waals surface area (Å²) in [7, 11) is 0. The van der Waals surface area contributed by atoms with E-state index in [0.717, 1.165) is 94.8 Å². The Morgan fingerprint density at radius 1 is 0.327 bits per heavy atom. The van der Waals surface area contributed by atoms with Gasteiger partial charge in [0.1, 0.15) is 17.2 Å². The Bertz CT molecular complexity index is 6190. The fourth-order valence-electron chi connectivity index (χ4n) is 14.2. The Morgan fingerprint density at radius 2 is 0.643 bits per heavy atom. The number of aromatic nitrogens is 4. The smallest absolute Gasteiger partial charge is 0.309 e. The van der Waals surface area contributed by atoms with Gasteiger partial charge in [-0.25, -0.2) is 9.69 Å². The van der Waals surface area contributed by atoms with E-state index < -0.39 is 35.2 Å². The quantitative estimate of drug-likeness (QED) is 0.121. The average Bonchev–Trinajstić information content (AvgIpc) is 1.50. The van der Waals surface area contributed by atoms with E-state index in [4.69, 9.17) is 13.1 Å². The predicted octanol–water partition coefficient (Wildman–Crippen LogP) is 24.4. The largest absolute Gasteiger partial charge is 0.420 e. The van der Waals surface area contributed by atoms with Gasteiger partial charge in [-0.1, -0.05) is 133 Å². The third-order valence-corrected chi connectivity index (χ3v) is 18.3. The number of hydrogen-bond donors (Lipinski definition) is 0. The first kappa shape index (κ1) is 61.8. The molecular formula is C82H50F9N7. The molecule has 0 aliphatic carbocycles. The maximum Gasteiger partial charge on any atom is 0.420 e. The summed E-state index contributed by atoms with van der Waals surface area (Å²) in [6.45, 7) is 22.9. The number of hydrogen-bond acceptors (Lipinski definition) is 1. The summed E-state index contributed by atoms with van der Waals surface area (Å²) in [6, 6.07) is 68.5. The van der Waals surface area contributed by atoms with Crippen molar-refractivity contribution in [3.63, 3.8) is 0 Å². The van der Waals surface area contributed by atoms with E-state index >= 15 is 13.2 Å². The minimum atomic E-state index is -4.99. The van der Waals surface area contributed by atoms with Gasteiger partial charge in [0, 0.05) is 65.3 Å².